The summed E-state index contributed by atoms with van der Waals surface area (Å²) in [6, 6.07) is 6.71. The predicted molar refractivity (Wildman–Crippen MR) is 91.8 cm³/mol. The van der Waals surface area contributed by atoms with Crippen LogP contribution in [-0.4, -0.2) is 38.7 Å². The Bertz CT molecular complexity index is 1040. The van der Waals surface area contributed by atoms with E-state index >= 15 is 0 Å². The summed E-state index contributed by atoms with van der Waals surface area (Å²) in [6.07, 6.45) is -3.34. The lowest BCUT2D eigenvalue weighted by Gasteiger charge is -2.09. The fourth-order valence-electron chi connectivity index (χ4n) is 2.42. The minimum atomic E-state index is -4.76. The van der Waals surface area contributed by atoms with Crippen molar-refractivity contribution in [3.8, 4) is 5.75 Å². The quantitative estimate of drug-likeness (QED) is 0.648. The molecular formula is C16H15F3N6O3. The molecule has 0 bridgehead atoms. The van der Waals surface area contributed by atoms with E-state index < -0.39 is 18.0 Å². The van der Waals surface area contributed by atoms with Crippen molar-refractivity contribution in [3.63, 3.8) is 0 Å². The van der Waals surface area contributed by atoms with E-state index in [0.29, 0.717) is 11.3 Å². The van der Waals surface area contributed by atoms with Crippen LogP contribution in [0.1, 0.15) is 5.56 Å². The summed E-state index contributed by atoms with van der Waals surface area (Å²) in [5, 5.41) is 13.4. The second-order valence-electron chi connectivity index (χ2n) is 5.64. The maximum Gasteiger partial charge on any atom is 0.573 e. The van der Waals surface area contributed by atoms with Gasteiger partial charge in [-0.2, -0.15) is 9.61 Å². The number of carbonyl (C=O) groups excluding carboxylic acids is 1. The molecule has 0 aliphatic carbocycles. The molecule has 0 fully saturated rings. The van der Waals surface area contributed by atoms with Gasteiger partial charge in [0.1, 0.15) is 12.3 Å². The zero-order valence-electron chi connectivity index (χ0n) is 14.5. The highest BCUT2D eigenvalue weighted by Crippen LogP contribution is 2.22. The minimum Gasteiger partial charge on any atom is -0.406 e. The Morgan fingerprint density at radius 2 is 1.93 bits per heavy atom. The first kappa shape index (κ1) is 19.2. The van der Waals surface area contributed by atoms with E-state index in [1.165, 1.54) is 18.3 Å². The lowest BCUT2D eigenvalue weighted by atomic mass is 10.2. The molecule has 0 unspecified atom stereocenters. The fourth-order valence-corrected chi connectivity index (χ4v) is 2.42. The third-order valence-electron chi connectivity index (χ3n) is 3.69. The highest BCUT2D eigenvalue weighted by molar-refractivity contribution is 5.75. The van der Waals surface area contributed by atoms with Crippen LogP contribution in [0.15, 0.2) is 41.3 Å². The van der Waals surface area contributed by atoms with Gasteiger partial charge >= 0.3 is 12.1 Å². The highest BCUT2D eigenvalue weighted by atomic mass is 19.4. The van der Waals surface area contributed by atoms with Crippen LogP contribution in [0.2, 0.25) is 0 Å². The van der Waals surface area contributed by atoms with Crippen molar-refractivity contribution in [2.75, 3.05) is 12.4 Å². The van der Waals surface area contributed by atoms with Crippen LogP contribution in [0.4, 0.5) is 18.9 Å². The molecule has 0 atom stereocenters. The highest BCUT2D eigenvalue weighted by Gasteiger charge is 2.30. The van der Waals surface area contributed by atoms with Gasteiger partial charge in [-0.15, -0.1) is 18.3 Å². The summed E-state index contributed by atoms with van der Waals surface area (Å²) in [7, 11) is 1.66. The number of nitrogens with one attached hydrogen (secondary N) is 2. The summed E-state index contributed by atoms with van der Waals surface area (Å²) >= 11 is 0. The summed E-state index contributed by atoms with van der Waals surface area (Å²) in [6.45, 7) is -0.270. The number of carbonyl (C=O) groups is 1. The van der Waals surface area contributed by atoms with E-state index in [1.54, 1.807) is 13.1 Å². The standard InChI is InChI=1S/C16H15F3N6O3/c1-20-12-6-7-22-25-14(12)23-24(15(25)27)9-13(26)21-8-10-2-4-11(5-3-10)28-16(17,18)19/h2-7,20H,8-9H2,1H3,(H,21,26). The van der Waals surface area contributed by atoms with Crippen LogP contribution >= 0.6 is 0 Å². The van der Waals surface area contributed by atoms with Gasteiger partial charge in [0.2, 0.25) is 11.6 Å². The Hall–Kier alpha value is -3.57. The SMILES string of the molecule is CNc1ccnn2c(=O)n(CC(=O)NCc3ccc(OC(F)(F)F)cc3)nc12. The van der Waals surface area contributed by atoms with Crippen LogP contribution in [0.3, 0.4) is 0 Å². The number of anilines is 1. The average molecular weight is 396 g/mol. The normalized spacial score (nSPS) is 11.4. The molecule has 0 spiro atoms. The number of aromatic nitrogens is 4. The maximum absolute atomic E-state index is 12.2. The number of alkyl halides is 3. The van der Waals surface area contributed by atoms with E-state index in [9.17, 15) is 22.8 Å². The first-order valence-electron chi connectivity index (χ1n) is 8.01. The molecule has 1 aromatic carbocycles. The van der Waals surface area contributed by atoms with Crippen LogP contribution in [-0.2, 0) is 17.9 Å². The Kier molecular flexibility index (Phi) is 5.20. The van der Waals surface area contributed by atoms with Gasteiger partial charge in [0.25, 0.3) is 0 Å². The lowest BCUT2D eigenvalue weighted by molar-refractivity contribution is -0.274. The van der Waals surface area contributed by atoms with Gasteiger partial charge in [0.05, 0.1) is 11.9 Å². The third-order valence-corrected chi connectivity index (χ3v) is 3.69. The maximum atomic E-state index is 12.2. The van der Waals surface area contributed by atoms with Crippen molar-refractivity contribution in [1.29, 1.82) is 0 Å². The molecule has 0 saturated carbocycles. The molecule has 12 heteroatoms. The number of nitrogens with zero attached hydrogens (tertiary/aromatic N) is 4. The van der Waals surface area contributed by atoms with Gasteiger partial charge in [-0.05, 0) is 23.8 Å². The van der Waals surface area contributed by atoms with Crippen LogP contribution in [0.5, 0.6) is 5.75 Å². The number of hydrogen-bond acceptors (Lipinski definition) is 6. The summed E-state index contributed by atoms with van der Waals surface area (Å²) < 4.78 is 42.2. The third kappa shape index (κ3) is 4.39. The van der Waals surface area contributed by atoms with Crippen molar-refractivity contribution in [2.24, 2.45) is 0 Å². The first-order valence-corrected chi connectivity index (χ1v) is 8.01. The number of ether oxygens (including phenoxy) is 1. The molecule has 0 aliphatic rings. The molecule has 3 rings (SSSR count). The molecule has 2 aromatic heterocycles. The summed E-state index contributed by atoms with van der Waals surface area (Å²) in [5.74, 6) is -0.848. The summed E-state index contributed by atoms with van der Waals surface area (Å²) in [4.78, 5) is 24.3. The molecule has 2 N–H and O–H groups in total. The van der Waals surface area contributed by atoms with Gasteiger partial charge in [-0.25, -0.2) is 9.48 Å². The molecule has 2 heterocycles. The van der Waals surface area contributed by atoms with E-state index in [1.807, 2.05) is 0 Å². The lowest BCUT2D eigenvalue weighted by Crippen LogP contribution is -2.32. The number of benzene rings is 1. The van der Waals surface area contributed by atoms with Crippen LogP contribution in [0, 0.1) is 0 Å². The van der Waals surface area contributed by atoms with Crippen molar-refractivity contribution in [1.82, 2.24) is 24.7 Å². The van der Waals surface area contributed by atoms with Crippen molar-refractivity contribution >= 4 is 17.2 Å². The number of fused-ring (bicyclic) bond motifs is 1. The van der Waals surface area contributed by atoms with Gasteiger partial charge in [0.15, 0.2) is 0 Å². The Balaban J connectivity index is 1.63. The largest absolute Gasteiger partial charge is 0.573 e. The van der Waals surface area contributed by atoms with Gasteiger partial charge in [0, 0.05) is 13.6 Å². The molecule has 28 heavy (non-hydrogen) atoms. The Labute approximate surface area is 155 Å². The molecule has 148 valence electrons. The number of rotatable bonds is 6. The van der Waals surface area contributed by atoms with Crippen LogP contribution in [0.25, 0.3) is 5.65 Å². The van der Waals surface area contributed by atoms with E-state index in [4.69, 9.17) is 0 Å². The fraction of sp³-hybridized carbons (Fsp3) is 0.250. The molecule has 1 amide bonds. The second-order valence-corrected chi connectivity index (χ2v) is 5.64. The number of amides is 1. The molecule has 0 saturated heterocycles. The van der Waals surface area contributed by atoms with Crippen molar-refractivity contribution < 1.29 is 22.7 Å². The van der Waals surface area contributed by atoms with Gasteiger partial charge in [-0.3, -0.25) is 4.79 Å². The second kappa shape index (κ2) is 7.58. The minimum absolute atomic E-state index is 0.0628. The van der Waals surface area contributed by atoms with Crippen LogP contribution < -0.4 is 21.1 Å². The van der Waals surface area contributed by atoms with Gasteiger partial charge in [-0.1, -0.05) is 12.1 Å². The zero-order chi connectivity index (χ0) is 20.3. The van der Waals surface area contributed by atoms with E-state index in [2.05, 4.69) is 25.6 Å². The average Bonchev–Trinajstić information content (AvgIpc) is 2.96. The van der Waals surface area contributed by atoms with Crippen molar-refractivity contribution in [2.45, 2.75) is 19.5 Å². The number of halogens is 3. The molecular weight excluding hydrogens is 381 g/mol. The molecule has 3 aromatic rings. The number of hydrogen-bond donors (Lipinski definition) is 2. The Morgan fingerprint density at radius 1 is 1.21 bits per heavy atom. The molecule has 9 nitrogen and oxygen atoms in total. The topological polar surface area (TPSA) is 103 Å². The van der Waals surface area contributed by atoms with E-state index in [0.717, 1.165) is 21.3 Å². The van der Waals surface area contributed by atoms with Gasteiger partial charge < -0.3 is 15.4 Å². The monoisotopic (exact) mass is 396 g/mol. The Morgan fingerprint density at radius 3 is 2.57 bits per heavy atom. The first-order chi connectivity index (χ1) is 13.3. The van der Waals surface area contributed by atoms with Crippen molar-refractivity contribution in [3.05, 3.63) is 52.6 Å². The molecule has 0 aliphatic heterocycles. The van der Waals surface area contributed by atoms with E-state index in [-0.39, 0.29) is 24.5 Å². The smallest absolute Gasteiger partial charge is 0.406 e. The zero-order valence-corrected chi connectivity index (χ0v) is 14.5. The predicted octanol–water partition coefficient (Wildman–Crippen LogP) is 1.15. The molecule has 0 radical (unpaired) electrons. The summed E-state index contributed by atoms with van der Waals surface area (Å²) in [5.41, 5.74) is 0.843.